The van der Waals surface area contributed by atoms with Crippen LogP contribution in [0.1, 0.15) is 90.5 Å². The topological polar surface area (TPSA) is 160 Å². The highest BCUT2D eigenvalue weighted by Gasteiger charge is 2.28. The van der Waals surface area contributed by atoms with Crippen molar-refractivity contribution in [1.29, 1.82) is 0 Å². The van der Waals surface area contributed by atoms with Crippen molar-refractivity contribution in [1.82, 2.24) is 25.0 Å². The van der Waals surface area contributed by atoms with Gasteiger partial charge in [0, 0.05) is 57.0 Å². The third-order valence-corrected chi connectivity index (χ3v) is 8.91. The second-order valence-electron chi connectivity index (χ2n) is 12.5. The number of aliphatic hydroxyl groups excluding tert-OH is 1. The van der Waals surface area contributed by atoms with Gasteiger partial charge in [-0.1, -0.05) is 46.8 Å². The molecule has 0 bridgehead atoms. The van der Waals surface area contributed by atoms with Crippen LogP contribution in [-0.4, -0.2) is 109 Å². The average molecular weight is 676 g/mol. The summed E-state index contributed by atoms with van der Waals surface area (Å²) in [5.74, 6) is -1.42. The van der Waals surface area contributed by atoms with Gasteiger partial charge in [-0.2, -0.15) is 0 Å². The van der Waals surface area contributed by atoms with Crippen LogP contribution in [0.5, 0.6) is 5.75 Å². The van der Waals surface area contributed by atoms with Crippen LogP contribution in [0.15, 0.2) is 42.5 Å². The van der Waals surface area contributed by atoms with Crippen LogP contribution in [0.4, 0.5) is 0 Å². The molecule has 2 rings (SSSR count). The molecule has 0 aliphatic rings. The fourth-order valence-electron chi connectivity index (χ4n) is 5.19. The molecule has 0 fully saturated rings. The number of amides is 3. The Bertz CT molecular complexity index is 1420. The van der Waals surface area contributed by atoms with Gasteiger partial charge in [-0.15, -0.1) is 4.83 Å². The maximum absolute atomic E-state index is 13.9. The van der Waals surface area contributed by atoms with Crippen LogP contribution in [0.3, 0.4) is 0 Å². The van der Waals surface area contributed by atoms with Gasteiger partial charge in [-0.3, -0.25) is 14.4 Å². The monoisotopic (exact) mass is 675 g/mol. The van der Waals surface area contributed by atoms with Gasteiger partial charge in [-0.05, 0) is 67.5 Å². The number of hydrazine groups is 1. The van der Waals surface area contributed by atoms with E-state index in [1.54, 1.807) is 45.0 Å². The molecule has 262 valence electrons. The zero-order chi connectivity index (χ0) is 35.3. The van der Waals surface area contributed by atoms with Crippen molar-refractivity contribution in [2.24, 2.45) is 5.92 Å². The zero-order valence-corrected chi connectivity index (χ0v) is 29.6. The third kappa shape index (κ3) is 12.9. The maximum atomic E-state index is 13.9. The van der Waals surface area contributed by atoms with Gasteiger partial charge in [0.1, 0.15) is 5.75 Å². The number of benzene rings is 2. The van der Waals surface area contributed by atoms with Crippen LogP contribution in [-0.2, 0) is 16.4 Å². The predicted octanol–water partition coefficient (Wildman–Crippen LogP) is 3.26. The number of phenols is 1. The minimum absolute atomic E-state index is 0.0586. The first kappa shape index (κ1) is 39.7. The number of nitrogens with one attached hydrogen (secondary N) is 2. The van der Waals surface area contributed by atoms with Crippen LogP contribution in [0.25, 0.3) is 0 Å². The Morgan fingerprint density at radius 3 is 1.87 bits per heavy atom. The second-order valence-corrected chi connectivity index (χ2v) is 14.3. The molecule has 12 nitrogen and oxygen atoms in total. The predicted molar refractivity (Wildman–Crippen MR) is 184 cm³/mol. The summed E-state index contributed by atoms with van der Waals surface area (Å²) in [5, 5.41) is 25.6. The summed E-state index contributed by atoms with van der Waals surface area (Å²) in [6, 6.07) is 9.78. The quantitative estimate of drug-likeness (QED) is 0.165. The number of rotatable bonds is 19. The summed E-state index contributed by atoms with van der Waals surface area (Å²) in [6.45, 7) is 10.7. The third-order valence-electron chi connectivity index (χ3n) is 7.26. The number of sulfonamides is 1. The van der Waals surface area contributed by atoms with Crippen molar-refractivity contribution >= 4 is 27.7 Å². The van der Waals surface area contributed by atoms with Gasteiger partial charge < -0.3 is 25.3 Å². The maximum Gasteiger partial charge on any atom is 0.253 e. The van der Waals surface area contributed by atoms with Gasteiger partial charge in [0.15, 0.2) is 0 Å². The highest BCUT2D eigenvalue weighted by molar-refractivity contribution is 7.89. The van der Waals surface area contributed by atoms with Crippen molar-refractivity contribution in [3.8, 4) is 5.75 Å². The van der Waals surface area contributed by atoms with E-state index in [-0.39, 0.29) is 58.9 Å². The second kappa shape index (κ2) is 18.7. The van der Waals surface area contributed by atoms with Crippen molar-refractivity contribution in [2.45, 2.75) is 72.4 Å². The summed E-state index contributed by atoms with van der Waals surface area (Å²) >= 11 is 0. The SMILES string of the molecule is CCCN(CC(O)C(Cc1ccc(O)cc1)NC(=O)c1cc(C(=O)N(C)C)cc(C(=O)N(CCC)CCC)c1)NS(=O)(=O)CC(C)C. The van der Waals surface area contributed by atoms with Crippen LogP contribution in [0, 0.1) is 5.92 Å². The van der Waals surface area contributed by atoms with E-state index in [1.807, 2.05) is 20.8 Å². The average Bonchev–Trinajstić information content (AvgIpc) is 2.99. The molecule has 0 heterocycles. The van der Waals surface area contributed by atoms with E-state index in [4.69, 9.17) is 0 Å². The molecular formula is C34H53N5O7S. The molecule has 2 atom stereocenters. The number of hydrogen-bond acceptors (Lipinski definition) is 8. The van der Waals surface area contributed by atoms with E-state index in [2.05, 4.69) is 10.1 Å². The smallest absolute Gasteiger partial charge is 0.253 e. The Balaban J connectivity index is 2.50. The van der Waals surface area contributed by atoms with E-state index in [0.717, 1.165) is 12.8 Å². The number of hydrogen-bond donors (Lipinski definition) is 4. The Hall–Kier alpha value is -3.52. The lowest BCUT2D eigenvalue weighted by Gasteiger charge is -2.30. The van der Waals surface area contributed by atoms with Crippen molar-refractivity contribution in [3.63, 3.8) is 0 Å². The molecule has 0 aliphatic heterocycles. The zero-order valence-electron chi connectivity index (χ0n) is 28.8. The fraction of sp³-hybridized carbons (Fsp3) is 0.559. The number of aromatic hydroxyl groups is 1. The van der Waals surface area contributed by atoms with E-state index in [1.165, 1.54) is 40.2 Å². The lowest BCUT2D eigenvalue weighted by atomic mass is 9.99. The van der Waals surface area contributed by atoms with Crippen LogP contribution in [0.2, 0.25) is 0 Å². The first-order chi connectivity index (χ1) is 22.1. The fourth-order valence-corrected chi connectivity index (χ4v) is 6.70. The van der Waals surface area contributed by atoms with Gasteiger partial charge in [0.25, 0.3) is 17.7 Å². The van der Waals surface area contributed by atoms with E-state index < -0.39 is 28.1 Å². The number of nitrogens with zero attached hydrogens (tertiary/aromatic N) is 3. The number of phenolic OH excluding ortho intramolecular Hbond substituents is 1. The van der Waals surface area contributed by atoms with Gasteiger partial charge in [0.2, 0.25) is 10.0 Å². The summed E-state index contributed by atoms with van der Waals surface area (Å²) in [5.41, 5.74) is 1.15. The van der Waals surface area contributed by atoms with E-state index in [0.29, 0.717) is 31.6 Å². The van der Waals surface area contributed by atoms with E-state index >= 15 is 0 Å². The Morgan fingerprint density at radius 2 is 1.36 bits per heavy atom. The molecule has 0 saturated heterocycles. The van der Waals surface area contributed by atoms with Gasteiger partial charge in [-0.25, -0.2) is 13.4 Å². The summed E-state index contributed by atoms with van der Waals surface area (Å²) < 4.78 is 25.5. The first-order valence-electron chi connectivity index (χ1n) is 16.3. The summed E-state index contributed by atoms with van der Waals surface area (Å²) in [6.07, 6.45) is 1.000. The number of aliphatic hydroxyl groups is 1. The normalized spacial score (nSPS) is 13.0. The number of carbonyl (C=O) groups is 3. The summed E-state index contributed by atoms with van der Waals surface area (Å²) in [7, 11) is -0.510. The largest absolute Gasteiger partial charge is 0.508 e. The van der Waals surface area contributed by atoms with Crippen molar-refractivity contribution < 1.29 is 33.0 Å². The molecule has 0 radical (unpaired) electrons. The lowest BCUT2D eigenvalue weighted by Crippen LogP contribution is -2.53. The molecule has 0 saturated carbocycles. The lowest BCUT2D eigenvalue weighted by molar-refractivity contribution is 0.0618. The summed E-state index contributed by atoms with van der Waals surface area (Å²) in [4.78, 5) is 46.1. The van der Waals surface area contributed by atoms with Crippen molar-refractivity contribution in [3.05, 3.63) is 64.7 Å². The highest BCUT2D eigenvalue weighted by atomic mass is 32.2. The molecule has 13 heteroatoms. The molecular weight excluding hydrogens is 622 g/mol. The minimum atomic E-state index is -3.67. The van der Waals surface area contributed by atoms with Crippen molar-refractivity contribution in [2.75, 3.05) is 46.0 Å². The highest BCUT2D eigenvalue weighted by Crippen LogP contribution is 2.18. The molecule has 2 aromatic rings. The molecule has 0 aliphatic carbocycles. The van der Waals surface area contributed by atoms with Crippen LogP contribution >= 0.6 is 0 Å². The van der Waals surface area contributed by atoms with Gasteiger partial charge >= 0.3 is 0 Å². The molecule has 2 aromatic carbocycles. The standard InChI is InChI=1S/C34H53N5O7S/c1-8-15-38(16-9-2)34(44)28-20-26(19-27(21-28)33(43)37(6)7)32(42)35-30(18-25-11-13-29(40)14-12-25)31(41)22-39(17-10-3)36-47(45,46)23-24(4)5/h11-14,19-21,24,30-31,36,40-41H,8-10,15-18,22-23H2,1-7H3,(H,35,42). The molecule has 2 unspecified atom stereocenters. The molecule has 0 aromatic heterocycles. The first-order valence-corrected chi connectivity index (χ1v) is 17.9. The van der Waals surface area contributed by atoms with E-state index in [9.17, 15) is 33.0 Å². The Kier molecular flexibility index (Phi) is 15.8. The van der Waals surface area contributed by atoms with Crippen LogP contribution < -0.4 is 10.1 Å². The molecule has 47 heavy (non-hydrogen) atoms. The molecule has 3 amide bonds. The van der Waals surface area contributed by atoms with Gasteiger partial charge in [0.05, 0.1) is 17.9 Å². The minimum Gasteiger partial charge on any atom is -0.508 e. The Morgan fingerprint density at radius 1 is 0.830 bits per heavy atom. The Labute approximate surface area is 280 Å². The molecule has 0 spiro atoms. The molecule has 4 N–H and O–H groups in total. The number of carbonyl (C=O) groups excluding carboxylic acids is 3.